The topological polar surface area (TPSA) is 55.8 Å². The lowest BCUT2D eigenvalue weighted by Gasteiger charge is -1.97. The summed E-state index contributed by atoms with van der Waals surface area (Å²) in [6.45, 7) is 0. The summed E-state index contributed by atoms with van der Waals surface area (Å²) in [5.74, 6) is -1.06. The molecule has 0 saturated carbocycles. The Hall–Kier alpha value is -0.0300. The first-order chi connectivity index (χ1) is 3.72. The van der Waals surface area contributed by atoms with Gasteiger partial charge in [-0.25, -0.2) is 14.9 Å². The zero-order valence-corrected chi connectivity index (χ0v) is 5.02. The van der Waals surface area contributed by atoms with Gasteiger partial charge in [0.25, 0.3) is 5.56 Å². The predicted octanol–water partition coefficient (Wildman–Crippen LogP) is 0.738. The molecule has 0 aromatic heterocycles. The molecule has 0 aromatic rings. The first-order valence-electron chi connectivity index (χ1n) is 1.49. The van der Waals surface area contributed by atoms with Crippen LogP contribution < -0.4 is 0 Å². The molecule has 0 radical (unpaired) electrons. The molecule has 0 saturated heterocycles. The van der Waals surface area contributed by atoms with Gasteiger partial charge in [0.1, 0.15) is 11.9 Å². The van der Waals surface area contributed by atoms with Crippen molar-refractivity contribution in [1.29, 1.82) is 0 Å². The molecule has 0 bridgehead atoms. The number of rotatable bonds is 2. The second kappa shape index (κ2) is 3.91. The van der Waals surface area contributed by atoms with Crippen molar-refractivity contribution in [2.45, 2.75) is 5.56 Å². The highest BCUT2D eigenvalue weighted by Gasteiger charge is 2.16. The number of hydrogen-bond acceptors (Lipinski definition) is 4. The summed E-state index contributed by atoms with van der Waals surface area (Å²) in [5, 5.41) is 7.64. The number of alkyl halides is 1. The number of carbonyl (C=O) groups excluding carboxylic acids is 1. The van der Waals surface area contributed by atoms with Gasteiger partial charge in [-0.3, -0.25) is 0 Å². The van der Waals surface area contributed by atoms with Crippen molar-refractivity contribution in [2.24, 2.45) is 0 Å². The zero-order valence-electron chi connectivity index (χ0n) is 3.51. The molecular weight excluding hydrogens is 159 g/mol. The maximum Gasteiger partial charge on any atom is 0.372 e. The zero-order chi connectivity index (χ0) is 6.57. The molecule has 0 aliphatic rings. The average molecular weight is 161 g/mol. The predicted molar refractivity (Wildman–Crippen MR) is 25.3 cm³/mol. The Morgan fingerprint density at radius 1 is 1.75 bits per heavy atom. The lowest BCUT2D eigenvalue weighted by atomic mass is 10.7. The van der Waals surface area contributed by atoms with Crippen molar-refractivity contribution in [3.8, 4) is 0 Å². The molecule has 6 heteroatoms. The van der Waals surface area contributed by atoms with E-state index in [-0.39, 0.29) is 0 Å². The summed E-state index contributed by atoms with van der Waals surface area (Å²) in [4.78, 5) is 13.3. The van der Waals surface area contributed by atoms with Crippen LogP contribution in [0.1, 0.15) is 0 Å². The highest BCUT2D eigenvalue weighted by molar-refractivity contribution is 6.30. The molecule has 0 heterocycles. The molecular formula is C2H2Cl2O4. The van der Waals surface area contributed by atoms with Crippen molar-refractivity contribution in [1.82, 2.24) is 0 Å². The smallest absolute Gasteiger partial charge is 0.344 e. The summed E-state index contributed by atoms with van der Waals surface area (Å²) in [6, 6.07) is 0. The van der Waals surface area contributed by atoms with Crippen molar-refractivity contribution in [2.75, 3.05) is 0 Å². The molecule has 0 aromatic carbocycles. The van der Waals surface area contributed by atoms with Crippen LogP contribution in [0, 0.1) is 0 Å². The summed E-state index contributed by atoms with van der Waals surface area (Å²) in [6.07, 6.45) is 0. The normalized spacial score (nSPS) is 12.9. The van der Waals surface area contributed by atoms with Gasteiger partial charge >= 0.3 is 5.97 Å². The molecule has 8 heavy (non-hydrogen) atoms. The maximum atomic E-state index is 9.97. The van der Waals surface area contributed by atoms with Crippen molar-refractivity contribution in [3.63, 3.8) is 0 Å². The molecule has 0 aliphatic carbocycles. The van der Waals surface area contributed by atoms with Crippen molar-refractivity contribution in [3.05, 3.63) is 0 Å². The van der Waals surface area contributed by atoms with Gasteiger partial charge < -0.3 is 4.29 Å². The van der Waals surface area contributed by atoms with E-state index in [0.29, 0.717) is 0 Å². The second-order valence-electron chi connectivity index (χ2n) is 0.818. The van der Waals surface area contributed by atoms with Gasteiger partial charge in [0, 0.05) is 0 Å². The third-order valence-electron chi connectivity index (χ3n) is 0.354. The van der Waals surface area contributed by atoms with E-state index in [1.807, 2.05) is 0 Å². The van der Waals surface area contributed by atoms with Crippen LogP contribution in [0.5, 0.6) is 0 Å². The summed E-state index contributed by atoms with van der Waals surface area (Å²) in [7, 11) is 0. The maximum absolute atomic E-state index is 9.97. The van der Waals surface area contributed by atoms with E-state index in [9.17, 15) is 4.79 Å². The third-order valence-corrected chi connectivity index (χ3v) is 0.764. The Morgan fingerprint density at radius 2 is 2.25 bits per heavy atom. The molecule has 1 atom stereocenters. The molecule has 0 rings (SSSR count). The minimum atomic E-state index is -1.55. The minimum Gasteiger partial charge on any atom is -0.344 e. The van der Waals surface area contributed by atoms with E-state index < -0.39 is 11.5 Å². The summed E-state index contributed by atoms with van der Waals surface area (Å²) in [5.41, 5.74) is -1.55. The fourth-order valence-corrected chi connectivity index (χ4v) is 0.249. The van der Waals surface area contributed by atoms with Crippen molar-refractivity contribution >= 4 is 29.4 Å². The Labute approximate surface area is 55.0 Å². The van der Waals surface area contributed by atoms with Gasteiger partial charge in [-0.1, -0.05) is 11.6 Å². The first-order valence-corrected chi connectivity index (χ1v) is 2.23. The second-order valence-corrected chi connectivity index (χ2v) is 1.37. The molecule has 4 nitrogen and oxygen atoms in total. The standard InChI is InChI=1S/C2H2Cl2O4/c3-1(8-6)2(5)7-4/h1,6H. The van der Waals surface area contributed by atoms with E-state index in [2.05, 4.69) is 21.0 Å². The quantitative estimate of drug-likeness (QED) is 0.368. The van der Waals surface area contributed by atoms with Crippen molar-refractivity contribution < 1.29 is 19.2 Å². The van der Waals surface area contributed by atoms with Crippen LogP contribution in [0.15, 0.2) is 0 Å². The minimum absolute atomic E-state index is 1.06. The molecule has 0 amide bonds. The van der Waals surface area contributed by atoms with Crippen LogP contribution in [0.2, 0.25) is 0 Å². The monoisotopic (exact) mass is 160 g/mol. The SMILES string of the molecule is O=C(OCl)C(Cl)OO. The Morgan fingerprint density at radius 3 is 2.38 bits per heavy atom. The summed E-state index contributed by atoms with van der Waals surface area (Å²) >= 11 is 9.39. The Kier molecular flexibility index (Phi) is 3.90. The summed E-state index contributed by atoms with van der Waals surface area (Å²) < 4.78 is 3.52. The number of carbonyl (C=O) groups is 1. The first kappa shape index (κ1) is 7.97. The Balaban J connectivity index is 3.46. The fraction of sp³-hybridized carbons (Fsp3) is 0.500. The fourth-order valence-electron chi connectivity index (χ4n) is 0.0781. The lowest BCUT2D eigenvalue weighted by molar-refractivity contribution is -0.255. The molecule has 1 unspecified atom stereocenters. The van der Waals surface area contributed by atoms with Crippen LogP contribution in [0.4, 0.5) is 0 Å². The lowest BCUT2D eigenvalue weighted by Crippen LogP contribution is -2.15. The van der Waals surface area contributed by atoms with E-state index in [1.165, 1.54) is 0 Å². The molecule has 1 N–H and O–H groups in total. The number of halogens is 2. The van der Waals surface area contributed by atoms with E-state index >= 15 is 0 Å². The van der Waals surface area contributed by atoms with Crippen LogP contribution in [-0.4, -0.2) is 16.8 Å². The van der Waals surface area contributed by atoms with Crippen LogP contribution >= 0.6 is 23.5 Å². The van der Waals surface area contributed by atoms with Gasteiger partial charge in [0.05, 0.1) is 0 Å². The van der Waals surface area contributed by atoms with Gasteiger partial charge in [-0.05, 0) is 0 Å². The molecule has 0 spiro atoms. The van der Waals surface area contributed by atoms with Gasteiger partial charge in [0.2, 0.25) is 0 Å². The molecule has 48 valence electrons. The van der Waals surface area contributed by atoms with Gasteiger partial charge in [-0.2, -0.15) is 0 Å². The van der Waals surface area contributed by atoms with Crippen LogP contribution in [0.25, 0.3) is 0 Å². The highest BCUT2D eigenvalue weighted by Crippen LogP contribution is 1.99. The van der Waals surface area contributed by atoms with Crippen LogP contribution in [-0.2, 0) is 14.0 Å². The van der Waals surface area contributed by atoms with E-state index in [4.69, 9.17) is 16.9 Å². The third kappa shape index (κ3) is 2.32. The van der Waals surface area contributed by atoms with E-state index in [0.717, 1.165) is 0 Å². The Bertz CT molecular complexity index is 84.1. The van der Waals surface area contributed by atoms with Gasteiger partial charge in [-0.15, -0.1) is 0 Å². The average Bonchev–Trinajstić information content (AvgIpc) is 1.84. The van der Waals surface area contributed by atoms with E-state index in [1.54, 1.807) is 0 Å². The van der Waals surface area contributed by atoms with Crippen LogP contribution in [0.3, 0.4) is 0 Å². The van der Waals surface area contributed by atoms with Gasteiger partial charge in [0.15, 0.2) is 0 Å². The number of hydrogen-bond donors (Lipinski definition) is 1. The molecule has 0 aliphatic heterocycles. The largest absolute Gasteiger partial charge is 0.372 e. The highest BCUT2D eigenvalue weighted by atomic mass is 35.5. The molecule has 0 fully saturated rings.